The third-order valence-electron chi connectivity index (χ3n) is 2.74. The number of hydrogen-bond donors (Lipinski definition) is 1. The molecule has 0 aromatic heterocycles. The van der Waals surface area contributed by atoms with Gasteiger partial charge in [0.1, 0.15) is 5.60 Å². The Balaban J connectivity index is 2.35. The molecule has 0 aromatic carbocycles. The zero-order valence-electron chi connectivity index (χ0n) is 12.9. The minimum Gasteiger partial charge on any atom is -0.444 e. The van der Waals surface area contributed by atoms with Gasteiger partial charge in [-0.2, -0.15) is 5.48 Å². The van der Waals surface area contributed by atoms with E-state index in [2.05, 4.69) is 19.3 Å². The quantitative estimate of drug-likeness (QED) is 0.799. The molecule has 5 heteroatoms. The van der Waals surface area contributed by atoms with Crippen LogP contribution in [0.4, 0.5) is 4.79 Å². The maximum atomic E-state index is 12.0. The van der Waals surface area contributed by atoms with E-state index < -0.39 is 5.60 Å². The molecule has 1 heterocycles. The van der Waals surface area contributed by atoms with Gasteiger partial charge in [-0.05, 0) is 39.5 Å². The van der Waals surface area contributed by atoms with Gasteiger partial charge in [-0.1, -0.05) is 13.8 Å². The van der Waals surface area contributed by atoms with Crippen LogP contribution in [0, 0.1) is 5.92 Å². The number of carbonyl (C=O) groups is 1. The summed E-state index contributed by atoms with van der Waals surface area (Å²) in [5.41, 5.74) is 2.61. The summed E-state index contributed by atoms with van der Waals surface area (Å²) >= 11 is 0. The number of piperidine rings is 1. The molecular formula is C14H28N2O3. The molecular weight excluding hydrogens is 244 g/mol. The lowest BCUT2D eigenvalue weighted by Gasteiger charge is -2.34. The van der Waals surface area contributed by atoms with Crippen LogP contribution in [0.2, 0.25) is 0 Å². The Bertz CT molecular complexity index is 287. The third kappa shape index (κ3) is 6.78. The lowest BCUT2D eigenvalue weighted by atomic mass is 10.1. The molecule has 0 saturated carbocycles. The molecule has 0 aliphatic carbocycles. The van der Waals surface area contributed by atoms with Gasteiger partial charge < -0.3 is 14.5 Å². The Kier molecular flexibility index (Phi) is 6.07. The summed E-state index contributed by atoms with van der Waals surface area (Å²) in [6.45, 7) is 12.0. The molecule has 1 atom stereocenters. The first-order valence-electron chi connectivity index (χ1n) is 7.13. The van der Waals surface area contributed by atoms with E-state index in [4.69, 9.17) is 9.57 Å². The zero-order chi connectivity index (χ0) is 14.5. The van der Waals surface area contributed by atoms with Gasteiger partial charge in [0.2, 0.25) is 0 Å². The normalized spacial score (nSPS) is 20.7. The van der Waals surface area contributed by atoms with Gasteiger partial charge in [-0.3, -0.25) is 0 Å². The van der Waals surface area contributed by atoms with Crippen LogP contribution in [0.1, 0.15) is 47.5 Å². The van der Waals surface area contributed by atoms with Gasteiger partial charge in [-0.25, -0.2) is 4.79 Å². The lowest BCUT2D eigenvalue weighted by Crippen LogP contribution is -2.49. The van der Waals surface area contributed by atoms with Crippen molar-refractivity contribution in [2.75, 3.05) is 19.7 Å². The largest absolute Gasteiger partial charge is 0.444 e. The Morgan fingerprint density at radius 3 is 2.68 bits per heavy atom. The number of hydroxylamine groups is 1. The molecule has 1 rings (SSSR count). The van der Waals surface area contributed by atoms with Gasteiger partial charge in [0, 0.05) is 19.1 Å². The molecule has 1 aliphatic rings. The SMILES string of the molecule is CC(C)CONC1CCCN(C(=O)OC(C)(C)C)C1. The van der Waals surface area contributed by atoms with Crippen molar-refractivity contribution in [2.24, 2.45) is 5.92 Å². The number of carbonyl (C=O) groups excluding carboxylic acids is 1. The number of rotatable bonds is 4. The van der Waals surface area contributed by atoms with Crippen molar-refractivity contribution in [1.82, 2.24) is 10.4 Å². The monoisotopic (exact) mass is 272 g/mol. The lowest BCUT2D eigenvalue weighted by molar-refractivity contribution is -0.0238. The highest BCUT2D eigenvalue weighted by molar-refractivity contribution is 5.68. The molecule has 5 nitrogen and oxygen atoms in total. The van der Waals surface area contributed by atoms with Crippen molar-refractivity contribution < 1.29 is 14.4 Å². The van der Waals surface area contributed by atoms with Crippen molar-refractivity contribution >= 4 is 6.09 Å². The maximum Gasteiger partial charge on any atom is 0.410 e. The zero-order valence-corrected chi connectivity index (χ0v) is 12.9. The molecule has 1 N–H and O–H groups in total. The smallest absolute Gasteiger partial charge is 0.410 e. The first-order valence-corrected chi connectivity index (χ1v) is 7.13. The highest BCUT2D eigenvalue weighted by Gasteiger charge is 2.27. The van der Waals surface area contributed by atoms with Gasteiger partial charge in [0.05, 0.1) is 6.61 Å². The van der Waals surface area contributed by atoms with Crippen LogP contribution in [-0.2, 0) is 9.57 Å². The van der Waals surface area contributed by atoms with Crippen LogP contribution >= 0.6 is 0 Å². The summed E-state index contributed by atoms with van der Waals surface area (Å²) in [6, 6.07) is 0.194. The average molecular weight is 272 g/mol. The van der Waals surface area contributed by atoms with Crippen LogP contribution in [-0.4, -0.2) is 42.3 Å². The van der Waals surface area contributed by atoms with Crippen molar-refractivity contribution in [1.29, 1.82) is 0 Å². The highest BCUT2D eigenvalue weighted by atomic mass is 16.6. The summed E-state index contributed by atoms with van der Waals surface area (Å²) in [4.78, 5) is 19.2. The van der Waals surface area contributed by atoms with E-state index in [1.807, 2.05) is 20.8 Å². The number of nitrogens with one attached hydrogen (secondary N) is 1. The standard InChI is InChI=1S/C14H28N2O3/c1-11(2)10-18-15-12-7-6-8-16(9-12)13(17)19-14(3,4)5/h11-12,15H,6-10H2,1-5H3. The molecule has 1 amide bonds. The van der Waals surface area contributed by atoms with Crippen molar-refractivity contribution in [3.8, 4) is 0 Å². The first kappa shape index (κ1) is 16.2. The number of nitrogens with zero attached hydrogens (tertiary/aromatic N) is 1. The van der Waals surface area contributed by atoms with Crippen LogP contribution in [0.5, 0.6) is 0 Å². The maximum absolute atomic E-state index is 12.0. The minimum atomic E-state index is -0.439. The summed E-state index contributed by atoms with van der Waals surface area (Å²) in [5, 5.41) is 0. The fourth-order valence-electron chi connectivity index (χ4n) is 1.90. The predicted molar refractivity (Wildman–Crippen MR) is 74.8 cm³/mol. The third-order valence-corrected chi connectivity index (χ3v) is 2.74. The predicted octanol–water partition coefficient (Wildman–Crippen LogP) is 2.56. The van der Waals surface area contributed by atoms with Crippen LogP contribution in [0.3, 0.4) is 0 Å². The number of hydrogen-bond acceptors (Lipinski definition) is 4. The summed E-state index contributed by atoms with van der Waals surface area (Å²) < 4.78 is 5.39. The molecule has 1 aliphatic heterocycles. The van der Waals surface area contributed by atoms with Crippen molar-refractivity contribution in [3.05, 3.63) is 0 Å². The van der Waals surface area contributed by atoms with Crippen LogP contribution in [0.15, 0.2) is 0 Å². The minimum absolute atomic E-state index is 0.194. The molecule has 0 spiro atoms. The second kappa shape index (κ2) is 7.10. The van der Waals surface area contributed by atoms with Crippen LogP contribution in [0.25, 0.3) is 0 Å². The molecule has 19 heavy (non-hydrogen) atoms. The molecule has 0 aromatic rings. The average Bonchev–Trinajstić information content (AvgIpc) is 2.26. The molecule has 1 saturated heterocycles. The van der Waals surface area contributed by atoms with Gasteiger partial charge >= 0.3 is 6.09 Å². The molecule has 112 valence electrons. The second-order valence-electron chi connectivity index (χ2n) is 6.59. The summed E-state index contributed by atoms with van der Waals surface area (Å²) in [6.07, 6.45) is 1.77. The van der Waals surface area contributed by atoms with E-state index >= 15 is 0 Å². The fourth-order valence-corrected chi connectivity index (χ4v) is 1.90. The Hall–Kier alpha value is -0.810. The number of ether oxygens (including phenoxy) is 1. The summed E-state index contributed by atoms with van der Waals surface area (Å²) in [7, 11) is 0. The summed E-state index contributed by atoms with van der Waals surface area (Å²) in [5.74, 6) is 0.498. The van der Waals surface area contributed by atoms with Crippen molar-refractivity contribution in [3.63, 3.8) is 0 Å². The Morgan fingerprint density at radius 1 is 1.42 bits per heavy atom. The van der Waals surface area contributed by atoms with Gasteiger partial charge in [-0.15, -0.1) is 0 Å². The van der Waals surface area contributed by atoms with E-state index in [0.717, 1.165) is 19.4 Å². The van der Waals surface area contributed by atoms with E-state index in [1.165, 1.54) is 0 Å². The topological polar surface area (TPSA) is 50.8 Å². The second-order valence-corrected chi connectivity index (χ2v) is 6.59. The Labute approximate surface area is 116 Å². The van der Waals surface area contributed by atoms with E-state index in [1.54, 1.807) is 4.90 Å². The highest BCUT2D eigenvalue weighted by Crippen LogP contribution is 2.15. The number of likely N-dealkylation sites (tertiary alicyclic amines) is 1. The number of amides is 1. The molecule has 0 bridgehead atoms. The molecule has 0 radical (unpaired) electrons. The van der Waals surface area contributed by atoms with Gasteiger partial charge in [0.25, 0.3) is 0 Å². The first-order chi connectivity index (χ1) is 8.78. The van der Waals surface area contributed by atoms with E-state index in [-0.39, 0.29) is 12.1 Å². The molecule has 1 unspecified atom stereocenters. The Morgan fingerprint density at radius 2 is 2.11 bits per heavy atom. The molecule has 1 fully saturated rings. The van der Waals surface area contributed by atoms with Crippen molar-refractivity contribution in [2.45, 2.75) is 59.1 Å². The fraction of sp³-hybridized carbons (Fsp3) is 0.929. The van der Waals surface area contributed by atoms with E-state index in [9.17, 15) is 4.79 Å². The van der Waals surface area contributed by atoms with Crippen LogP contribution < -0.4 is 5.48 Å². The van der Waals surface area contributed by atoms with Gasteiger partial charge in [0.15, 0.2) is 0 Å². The van der Waals surface area contributed by atoms with E-state index in [0.29, 0.717) is 19.1 Å².